The molecule has 0 fully saturated rings. The van der Waals surface area contributed by atoms with E-state index in [4.69, 9.17) is 0 Å². The summed E-state index contributed by atoms with van der Waals surface area (Å²) < 4.78 is 1.88. The number of rotatable bonds is 6. The fourth-order valence-corrected chi connectivity index (χ4v) is 1.65. The maximum Gasteiger partial charge on any atom is 0.0693 e. The van der Waals surface area contributed by atoms with Crippen molar-refractivity contribution < 1.29 is 0 Å². The molecule has 0 radical (unpaired) electrons. The molecule has 0 aliphatic carbocycles. The SMILES string of the molecule is CCCNC(C)/C=C/c1cn(C)nc1CC. The minimum atomic E-state index is 0.421. The minimum Gasteiger partial charge on any atom is -0.311 e. The highest BCUT2D eigenvalue weighted by Crippen LogP contribution is 2.09. The zero-order valence-electron chi connectivity index (χ0n) is 10.8. The van der Waals surface area contributed by atoms with E-state index in [0.29, 0.717) is 6.04 Å². The Morgan fingerprint density at radius 3 is 2.88 bits per heavy atom. The van der Waals surface area contributed by atoms with Gasteiger partial charge in [-0.15, -0.1) is 0 Å². The molecule has 0 aliphatic heterocycles. The largest absolute Gasteiger partial charge is 0.311 e. The van der Waals surface area contributed by atoms with Gasteiger partial charge in [-0.1, -0.05) is 26.0 Å². The van der Waals surface area contributed by atoms with E-state index in [9.17, 15) is 0 Å². The molecule has 0 spiro atoms. The Bertz CT molecular complexity index is 339. The number of nitrogens with one attached hydrogen (secondary N) is 1. The van der Waals surface area contributed by atoms with Gasteiger partial charge in [0.25, 0.3) is 0 Å². The fraction of sp³-hybridized carbons (Fsp3) is 0.615. The summed E-state index contributed by atoms with van der Waals surface area (Å²) in [6.07, 6.45) is 8.59. The first-order chi connectivity index (χ1) is 7.67. The number of aromatic nitrogens is 2. The molecule has 1 aromatic heterocycles. The molecule has 1 N–H and O–H groups in total. The van der Waals surface area contributed by atoms with Crippen LogP contribution in [0.2, 0.25) is 0 Å². The Labute approximate surface area is 98.5 Å². The van der Waals surface area contributed by atoms with Crippen molar-refractivity contribution in [1.82, 2.24) is 15.1 Å². The normalized spacial score (nSPS) is 13.5. The molecule has 3 heteroatoms. The first-order valence-corrected chi connectivity index (χ1v) is 6.11. The minimum absolute atomic E-state index is 0.421. The number of nitrogens with zero attached hydrogens (tertiary/aromatic N) is 2. The predicted octanol–water partition coefficient (Wildman–Crippen LogP) is 2.38. The van der Waals surface area contributed by atoms with Gasteiger partial charge in [-0.2, -0.15) is 5.10 Å². The summed E-state index contributed by atoms with van der Waals surface area (Å²) in [5.74, 6) is 0. The zero-order valence-corrected chi connectivity index (χ0v) is 10.8. The third kappa shape index (κ3) is 3.81. The third-order valence-electron chi connectivity index (χ3n) is 2.55. The van der Waals surface area contributed by atoms with Crippen molar-refractivity contribution >= 4 is 6.08 Å². The summed E-state index contributed by atoms with van der Waals surface area (Å²) in [5, 5.41) is 7.85. The highest BCUT2D eigenvalue weighted by Gasteiger charge is 2.02. The van der Waals surface area contributed by atoms with Crippen LogP contribution < -0.4 is 5.32 Å². The van der Waals surface area contributed by atoms with Gasteiger partial charge in [-0.05, 0) is 26.3 Å². The van der Waals surface area contributed by atoms with E-state index in [1.807, 2.05) is 11.7 Å². The van der Waals surface area contributed by atoms with Gasteiger partial charge in [0.05, 0.1) is 5.69 Å². The average molecular weight is 221 g/mol. The lowest BCUT2D eigenvalue weighted by molar-refractivity contribution is 0.625. The van der Waals surface area contributed by atoms with Gasteiger partial charge >= 0.3 is 0 Å². The summed E-state index contributed by atoms with van der Waals surface area (Å²) in [6.45, 7) is 7.56. The van der Waals surface area contributed by atoms with Crippen LogP contribution in [0.25, 0.3) is 6.08 Å². The molecular formula is C13H23N3. The number of aryl methyl sites for hydroxylation is 2. The van der Waals surface area contributed by atoms with Crippen LogP contribution in [-0.4, -0.2) is 22.4 Å². The highest BCUT2D eigenvalue weighted by molar-refractivity contribution is 5.51. The summed E-state index contributed by atoms with van der Waals surface area (Å²) >= 11 is 0. The van der Waals surface area contributed by atoms with Crippen LogP contribution in [0.4, 0.5) is 0 Å². The van der Waals surface area contributed by atoms with E-state index in [2.05, 4.69) is 49.5 Å². The first-order valence-electron chi connectivity index (χ1n) is 6.11. The molecule has 3 nitrogen and oxygen atoms in total. The molecule has 0 aromatic carbocycles. The summed E-state index contributed by atoms with van der Waals surface area (Å²) in [7, 11) is 1.97. The third-order valence-corrected chi connectivity index (χ3v) is 2.55. The summed E-state index contributed by atoms with van der Waals surface area (Å²) in [6, 6.07) is 0.421. The van der Waals surface area contributed by atoms with Gasteiger partial charge < -0.3 is 5.32 Å². The smallest absolute Gasteiger partial charge is 0.0693 e. The van der Waals surface area contributed by atoms with Gasteiger partial charge in [0.2, 0.25) is 0 Å². The molecule has 0 amide bonds. The Balaban J connectivity index is 2.60. The molecular weight excluding hydrogens is 198 g/mol. The average Bonchev–Trinajstić information content (AvgIpc) is 2.64. The van der Waals surface area contributed by atoms with Crippen LogP contribution in [0.15, 0.2) is 12.3 Å². The second kappa shape index (κ2) is 6.48. The molecule has 1 unspecified atom stereocenters. The second-order valence-corrected chi connectivity index (χ2v) is 4.16. The lowest BCUT2D eigenvalue weighted by Crippen LogP contribution is -2.24. The maximum atomic E-state index is 4.41. The molecule has 90 valence electrons. The van der Waals surface area contributed by atoms with Crippen LogP contribution in [0.3, 0.4) is 0 Å². The van der Waals surface area contributed by atoms with Gasteiger partial charge in [-0.25, -0.2) is 0 Å². The first kappa shape index (κ1) is 13.0. The molecule has 1 atom stereocenters. The van der Waals surface area contributed by atoms with E-state index in [1.165, 1.54) is 17.7 Å². The number of hydrogen-bond acceptors (Lipinski definition) is 2. The Kier molecular flexibility index (Phi) is 5.26. The van der Waals surface area contributed by atoms with E-state index in [0.717, 1.165) is 13.0 Å². The van der Waals surface area contributed by atoms with Crippen LogP contribution >= 0.6 is 0 Å². The van der Waals surface area contributed by atoms with Gasteiger partial charge in [0, 0.05) is 24.8 Å². The van der Waals surface area contributed by atoms with Crippen molar-refractivity contribution in [3.8, 4) is 0 Å². The Morgan fingerprint density at radius 2 is 2.25 bits per heavy atom. The Hall–Kier alpha value is -1.09. The molecule has 1 aromatic rings. The predicted molar refractivity (Wildman–Crippen MR) is 69.4 cm³/mol. The van der Waals surface area contributed by atoms with Crippen LogP contribution in [0, 0.1) is 0 Å². The second-order valence-electron chi connectivity index (χ2n) is 4.16. The van der Waals surface area contributed by atoms with E-state index >= 15 is 0 Å². The monoisotopic (exact) mass is 221 g/mol. The van der Waals surface area contributed by atoms with Crippen molar-refractivity contribution in [1.29, 1.82) is 0 Å². The molecule has 1 heterocycles. The molecule has 0 saturated carbocycles. The van der Waals surface area contributed by atoms with Gasteiger partial charge in [0.15, 0.2) is 0 Å². The lowest BCUT2D eigenvalue weighted by atomic mass is 10.1. The van der Waals surface area contributed by atoms with Gasteiger partial charge in [-0.3, -0.25) is 4.68 Å². The summed E-state index contributed by atoms with van der Waals surface area (Å²) in [5.41, 5.74) is 2.40. The lowest BCUT2D eigenvalue weighted by Gasteiger charge is -2.07. The van der Waals surface area contributed by atoms with E-state index in [1.54, 1.807) is 0 Å². The Morgan fingerprint density at radius 1 is 1.50 bits per heavy atom. The highest BCUT2D eigenvalue weighted by atomic mass is 15.2. The fourth-order valence-electron chi connectivity index (χ4n) is 1.65. The van der Waals surface area contributed by atoms with Crippen molar-refractivity contribution in [3.05, 3.63) is 23.5 Å². The standard InChI is InChI=1S/C13H23N3/c1-5-9-14-11(3)7-8-12-10-16(4)15-13(12)6-2/h7-8,10-11,14H,5-6,9H2,1-4H3/b8-7+. The van der Waals surface area contributed by atoms with Crippen LogP contribution in [-0.2, 0) is 13.5 Å². The van der Waals surface area contributed by atoms with Crippen molar-refractivity contribution in [3.63, 3.8) is 0 Å². The van der Waals surface area contributed by atoms with Crippen LogP contribution in [0.1, 0.15) is 38.4 Å². The van der Waals surface area contributed by atoms with Crippen LogP contribution in [0.5, 0.6) is 0 Å². The maximum absolute atomic E-state index is 4.41. The molecule has 16 heavy (non-hydrogen) atoms. The summed E-state index contributed by atoms with van der Waals surface area (Å²) in [4.78, 5) is 0. The van der Waals surface area contributed by atoms with E-state index in [-0.39, 0.29) is 0 Å². The van der Waals surface area contributed by atoms with Crippen molar-refractivity contribution in [2.75, 3.05) is 6.54 Å². The van der Waals surface area contributed by atoms with Crippen molar-refractivity contribution in [2.45, 2.75) is 39.7 Å². The molecule has 0 aliphatic rings. The van der Waals surface area contributed by atoms with E-state index < -0.39 is 0 Å². The quantitative estimate of drug-likeness (QED) is 0.799. The molecule has 1 rings (SSSR count). The topological polar surface area (TPSA) is 29.9 Å². The zero-order chi connectivity index (χ0) is 12.0. The molecule has 0 saturated heterocycles. The number of hydrogen-bond donors (Lipinski definition) is 1. The van der Waals surface area contributed by atoms with Crippen molar-refractivity contribution in [2.24, 2.45) is 7.05 Å². The molecule has 0 bridgehead atoms. The van der Waals surface area contributed by atoms with Gasteiger partial charge in [0.1, 0.15) is 0 Å².